The second kappa shape index (κ2) is 11.9. The van der Waals surface area contributed by atoms with Gasteiger partial charge in [-0.05, 0) is 31.2 Å². The number of carboxylic acids is 1. The van der Waals surface area contributed by atoms with Gasteiger partial charge in [0.2, 0.25) is 0 Å². The number of benzene rings is 1. The van der Waals surface area contributed by atoms with E-state index in [1.54, 1.807) is 31.2 Å². The number of hydrogen-bond acceptors (Lipinski definition) is 3. The van der Waals surface area contributed by atoms with E-state index < -0.39 is 12.0 Å². The summed E-state index contributed by atoms with van der Waals surface area (Å²) in [7, 11) is 0. The van der Waals surface area contributed by atoms with Gasteiger partial charge >= 0.3 is 5.97 Å². The highest BCUT2D eigenvalue weighted by atomic mass is 35.5. The van der Waals surface area contributed by atoms with Crippen LogP contribution in [0.4, 0.5) is 11.4 Å². The van der Waals surface area contributed by atoms with Crippen LogP contribution >= 0.6 is 49.6 Å². The highest BCUT2D eigenvalue weighted by Gasteiger charge is 2.09. The summed E-state index contributed by atoms with van der Waals surface area (Å²) in [6.45, 7) is 1.58. The number of carbonyl (C=O) groups is 1. The van der Waals surface area contributed by atoms with Gasteiger partial charge in [-0.1, -0.05) is 0 Å². The molecule has 0 saturated heterocycles. The zero-order valence-corrected chi connectivity index (χ0v) is 12.2. The Morgan fingerprint density at radius 1 is 1.18 bits per heavy atom. The van der Waals surface area contributed by atoms with Gasteiger partial charge in [-0.2, -0.15) is 0 Å². The molecule has 102 valence electrons. The zero-order chi connectivity index (χ0) is 9.84. The van der Waals surface area contributed by atoms with Crippen LogP contribution in [0.25, 0.3) is 0 Å². The molecule has 1 aromatic rings. The molecular formula is C9H16Cl4N2O2. The topological polar surface area (TPSA) is 75.3 Å². The molecule has 0 saturated carbocycles. The van der Waals surface area contributed by atoms with E-state index >= 15 is 0 Å². The van der Waals surface area contributed by atoms with Gasteiger partial charge in [0.1, 0.15) is 6.04 Å². The largest absolute Gasteiger partial charge is 0.480 e. The number of aliphatic carboxylic acids is 1. The van der Waals surface area contributed by atoms with Crippen molar-refractivity contribution < 1.29 is 9.90 Å². The maximum atomic E-state index is 10.5. The Bertz CT molecular complexity index is 308. The van der Waals surface area contributed by atoms with Gasteiger partial charge in [0.15, 0.2) is 0 Å². The SMILES string of the molecule is C[C@H](Nc1ccc(N)cc1)C(=O)O.Cl.Cl.Cl.Cl. The number of carboxylic acid groups (broad SMARTS) is 1. The Kier molecular flexibility index (Phi) is 17.8. The monoisotopic (exact) mass is 324 g/mol. The van der Waals surface area contributed by atoms with Gasteiger partial charge in [-0.15, -0.1) is 49.6 Å². The standard InChI is InChI=1S/C9H12N2O2.4ClH/c1-6(9(12)13)11-8-4-2-7(10)3-5-8;;;;/h2-6,11H,10H2,1H3,(H,12,13);4*1H/t6-;;;;/m0..../s1. The van der Waals surface area contributed by atoms with Gasteiger partial charge < -0.3 is 16.2 Å². The van der Waals surface area contributed by atoms with E-state index in [2.05, 4.69) is 5.32 Å². The van der Waals surface area contributed by atoms with E-state index in [9.17, 15) is 4.79 Å². The van der Waals surface area contributed by atoms with Crippen molar-refractivity contribution in [2.45, 2.75) is 13.0 Å². The van der Waals surface area contributed by atoms with Crippen molar-refractivity contribution in [2.24, 2.45) is 0 Å². The molecule has 0 spiro atoms. The summed E-state index contributed by atoms with van der Waals surface area (Å²) in [5.74, 6) is -0.878. The molecule has 0 unspecified atom stereocenters. The lowest BCUT2D eigenvalue weighted by molar-refractivity contribution is -0.137. The zero-order valence-electron chi connectivity index (χ0n) is 8.95. The average molecular weight is 326 g/mol. The van der Waals surface area contributed by atoms with E-state index in [1.807, 2.05) is 0 Å². The molecule has 0 aliphatic heterocycles. The molecule has 0 fully saturated rings. The fourth-order valence-electron chi connectivity index (χ4n) is 0.891. The molecular weight excluding hydrogens is 310 g/mol. The van der Waals surface area contributed by atoms with Crippen LogP contribution in [0.3, 0.4) is 0 Å². The van der Waals surface area contributed by atoms with Gasteiger partial charge in [-0.3, -0.25) is 4.79 Å². The third-order valence-corrected chi connectivity index (χ3v) is 1.66. The van der Waals surface area contributed by atoms with Crippen molar-refractivity contribution in [3.8, 4) is 0 Å². The summed E-state index contributed by atoms with van der Waals surface area (Å²) in [4.78, 5) is 10.5. The van der Waals surface area contributed by atoms with Crippen molar-refractivity contribution in [1.29, 1.82) is 0 Å². The Morgan fingerprint density at radius 2 is 1.59 bits per heavy atom. The molecule has 0 heterocycles. The molecule has 0 aliphatic carbocycles. The van der Waals surface area contributed by atoms with E-state index in [0.717, 1.165) is 5.69 Å². The molecule has 0 bridgehead atoms. The minimum atomic E-state index is -0.878. The number of hydrogen-bond donors (Lipinski definition) is 3. The molecule has 1 aromatic carbocycles. The van der Waals surface area contributed by atoms with E-state index in [0.29, 0.717) is 5.69 Å². The first-order chi connectivity index (χ1) is 6.09. The predicted octanol–water partition coefficient (Wildman–Crippen LogP) is 2.84. The van der Waals surface area contributed by atoms with Crippen LogP contribution in [0.15, 0.2) is 24.3 Å². The van der Waals surface area contributed by atoms with E-state index in [-0.39, 0.29) is 49.6 Å². The molecule has 4 nitrogen and oxygen atoms in total. The van der Waals surface area contributed by atoms with Crippen molar-refractivity contribution >= 4 is 67.0 Å². The van der Waals surface area contributed by atoms with Crippen LogP contribution in [0.1, 0.15) is 6.92 Å². The molecule has 0 aliphatic rings. The van der Waals surface area contributed by atoms with Crippen LogP contribution < -0.4 is 11.1 Å². The number of anilines is 2. The molecule has 17 heavy (non-hydrogen) atoms. The Labute approximate surface area is 125 Å². The maximum Gasteiger partial charge on any atom is 0.325 e. The summed E-state index contributed by atoms with van der Waals surface area (Å²) in [5.41, 5.74) is 6.89. The first kappa shape index (κ1) is 25.3. The summed E-state index contributed by atoms with van der Waals surface area (Å²) in [6.07, 6.45) is 0. The molecule has 1 atom stereocenters. The highest BCUT2D eigenvalue weighted by Crippen LogP contribution is 2.11. The van der Waals surface area contributed by atoms with E-state index in [4.69, 9.17) is 10.8 Å². The number of rotatable bonds is 3. The first-order valence-electron chi connectivity index (χ1n) is 3.94. The Hall–Kier alpha value is -0.550. The fourth-order valence-corrected chi connectivity index (χ4v) is 0.891. The number of nitrogens with one attached hydrogen (secondary N) is 1. The molecule has 0 radical (unpaired) electrons. The quantitative estimate of drug-likeness (QED) is 0.747. The van der Waals surface area contributed by atoms with Crippen molar-refractivity contribution in [3.63, 3.8) is 0 Å². The average Bonchev–Trinajstić information content (AvgIpc) is 2.08. The van der Waals surface area contributed by atoms with Crippen LogP contribution in [0.2, 0.25) is 0 Å². The number of halogens is 4. The van der Waals surface area contributed by atoms with E-state index in [1.165, 1.54) is 0 Å². The van der Waals surface area contributed by atoms with Gasteiger partial charge in [0.25, 0.3) is 0 Å². The Balaban J connectivity index is -0.000000211. The lowest BCUT2D eigenvalue weighted by atomic mass is 10.2. The summed E-state index contributed by atoms with van der Waals surface area (Å²) in [6, 6.07) is 6.33. The number of nitrogens with two attached hydrogens (primary N) is 1. The van der Waals surface area contributed by atoms with Crippen molar-refractivity contribution in [1.82, 2.24) is 0 Å². The molecule has 1 rings (SSSR count). The second-order valence-corrected chi connectivity index (χ2v) is 2.83. The Morgan fingerprint density at radius 3 is 1.94 bits per heavy atom. The minimum absolute atomic E-state index is 0. The van der Waals surface area contributed by atoms with Crippen LogP contribution in [-0.2, 0) is 4.79 Å². The lowest BCUT2D eigenvalue weighted by Crippen LogP contribution is -2.25. The summed E-state index contributed by atoms with van der Waals surface area (Å²) < 4.78 is 0. The molecule has 0 aromatic heterocycles. The third-order valence-electron chi connectivity index (χ3n) is 1.66. The first-order valence-corrected chi connectivity index (χ1v) is 3.94. The maximum absolute atomic E-state index is 10.5. The number of nitrogen functional groups attached to an aromatic ring is 1. The minimum Gasteiger partial charge on any atom is -0.480 e. The highest BCUT2D eigenvalue weighted by molar-refractivity contribution is 5.86. The third kappa shape index (κ3) is 9.18. The van der Waals surface area contributed by atoms with Gasteiger partial charge in [0, 0.05) is 11.4 Å². The lowest BCUT2D eigenvalue weighted by Gasteiger charge is -2.10. The molecule has 4 N–H and O–H groups in total. The molecule has 8 heteroatoms. The van der Waals surface area contributed by atoms with Crippen molar-refractivity contribution in [2.75, 3.05) is 11.1 Å². The van der Waals surface area contributed by atoms with Gasteiger partial charge in [-0.25, -0.2) is 0 Å². The van der Waals surface area contributed by atoms with Crippen LogP contribution in [0, 0.1) is 0 Å². The fraction of sp³-hybridized carbons (Fsp3) is 0.222. The summed E-state index contributed by atoms with van der Waals surface area (Å²) >= 11 is 0. The second-order valence-electron chi connectivity index (χ2n) is 2.83. The van der Waals surface area contributed by atoms with Gasteiger partial charge in [0.05, 0.1) is 0 Å². The molecule has 0 amide bonds. The van der Waals surface area contributed by atoms with Crippen molar-refractivity contribution in [3.05, 3.63) is 24.3 Å². The predicted molar refractivity (Wildman–Crippen MR) is 80.6 cm³/mol. The van der Waals surface area contributed by atoms with Crippen LogP contribution in [-0.4, -0.2) is 17.1 Å². The normalized spacial score (nSPS) is 9.24. The summed E-state index contributed by atoms with van der Waals surface area (Å²) in [5, 5.41) is 11.4. The smallest absolute Gasteiger partial charge is 0.325 e. The van der Waals surface area contributed by atoms with Crippen LogP contribution in [0.5, 0.6) is 0 Å².